The third-order valence-electron chi connectivity index (χ3n) is 2.04. The van der Waals surface area contributed by atoms with Crippen molar-refractivity contribution in [3.63, 3.8) is 0 Å². The van der Waals surface area contributed by atoms with Gasteiger partial charge in [-0.3, -0.25) is 0 Å². The second-order valence-electron chi connectivity index (χ2n) is 3.26. The highest BCUT2D eigenvalue weighted by atomic mass is 32.1. The highest BCUT2D eigenvalue weighted by Crippen LogP contribution is 2.19. The molecule has 76 valence electrons. The summed E-state index contributed by atoms with van der Waals surface area (Å²) in [5.41, 5.74) is 0. The molecule has 0 amide bonds. The second-order valence-corrected chi connectivity index (χ2v) is 4.19. The van der Waals surface area contributed by atoms with Crippen molar-refractivity contribution < 1.29 is 0 Å². The van der Waals surface area contributed by atoms with Gasteiger partial charge >= 0.3 is 0 Å². The third kappa shape index (κ3) is 3.09. The molecule has 3 nitrogen and oxygen atoms in total. The lowest BCUT2D eigenvalue weighted by atomic mass is 10.2. The van der Waals surface area contributed by atoms with Gasteiger partial charge in [-0.25, -0.2) is 4.98 Å². The van der Waals surface area contributed by atoms with Crippen LogP contribution in [0.15, 0.2) is 11.6 Å². The Morgan fingerprint density at radius 1 is 1.71 bits per heavy atom. The predicted octanol–water partition coefficient (Wildman–Crippen LogP) is 2.49. The minimum Gasteiger partial charge on any atom is -0.304 e. The van der Waals surface area contributed by atoms with Crippen LogP contribution in [-0.4, -0.2) is 11.0 Å². The fourth-order valence-electron chi connectivity index (χ4n) is 1.31. The summed E-state index contributed by atoms with van der Waals surface area (Å²) in [5.74, 6) is 0. The van der Waals surface area contributed by atoms with Crippen molar-refractivity contribution in [3.05, 3.63) is 16.6 Å². The molecule has 2 unspecified atom stereocenters. The maximum absolute atomic E-state index is 8.55. The van der Waals surface area contributed by atoms with Crippen LogP contribution in [-0.2, 0) is 0 Å². The van der Waals surface area contributed by atoms with E-state index in [1.54, 1.807) is 11.3 Å². The first-order valence-electron chi connectivity index (χ1n) is 4.80. The van der Waals surface area contributed by atoms with Gasteiger partial charge in [-0.15, -0.1) is 11.3 Å². The zero-order chi connectivity index (χ0) is 10.4. The molecule has 14 heavy (non-hydrogen) atoms. The molecule has 1 aromatic heterocycles. The third-order valence-corrected chi connectivity index (χ3v) is 2.93. The lowest BCUT2D eigenvalue weighted by Gasteiger charge is -2.18. The Kier molecular flexibility index (Phi) is 4.57. The second kappa shape index (κ2) is 5.74. The number of nitrogens with one attached hydrogen (secondary N) is 1. The van der Waals surface area contributed by atoms with Gasteiger partial charge in [0.05, 0.1) is 18.5 Å². The van der Waals surface area contributed by atoms with Crippen LogP contribution >= 0.6 is 11.3 Å². The van der Waals surface area contributed by atoms with E-state index in [1.807, 2.05) is 18.5 Å². The molecule has 0 radical (unpaired) electrons. The SMILES string of the molecule is CCC(NC(C)CC#N)c1nccs1. The molecule has 0 spiro atoms. The van der Waals surface area contributed by atoms with E-state index < -0.39 is 0 Å². The molecular formula is C10H15N3S. The van der Waals surface area contributed by atoms with Crippen LogP contribution in [0.2, 0.25) is 0 Å². The Bertz CT molecular complexity index is 289. The van der Waals surface area contributed by atoms with Crippen LogP contribution in [0.1, 0.15) is 37.7 Å². The van der Waals surface area contributed by atoms with Gasteiger partial charge in [0.25, 0.3) is 0 Å². The molecule has 1 heterocycles. The van der Waals surface area contributed by atoms with Gasteiger partial charge in [0, 0.05) is 17.6 Å². The topological polar surface area (TPSA) is 48.7 Å². The van der Waals surface area contributed by atoms with Crippen molar-refractivity contribution in [1.82, 2.24) is 10.3 Å². The Balaban J connectivity index is 2.52. The van der Waals surface area contributed by atoms with Gasteiger partial charge in [-0.1, -0.05) is 6.92 Å². The largest absolute Gasteiger partial charge is 0.304 e. The summed E-state index contributed by atoms with van der Waals surface area (Å²) in [6, 6.07) is 2.68. The molecular weight excluding hydrogens is 194 g/mol. The van der Waals surface area contributed by atoms with Crippen molar-refractivity contribution >= 4 is 11.3 Å². The molecule has 2 atom stereocenters. The molecule has 0 bridgehead atoms. The molecule has 0 saturated carbocycles. The smallest absolute Gasteiger partial charge is 0.109 e. The molecule has 1 aromatic rings. The van der Waals surface area contributed by atoms with E-state index in [0.29, 0.717) is 12.5 Å². The molecule has 0 aliphatic carbocycles. The Morgan fingerprint density at radius 3 is 3.00 bits per heavy atom. The first-order chi connectivity index (χ1) is 6.77. The number of rotatable bonds is 5. The van der Waals surface area contributed by atoms with E-state index in [0.717, 1.165) is 11.4 Å². The first kappa shape index (κ1) is 11.2. The predicted molar refractivity (Wildman–Crippen MR) is 58.0 cm³/mol. The summed E-state index contributed by atoms with van der Waals surface area (Å²) in [6.07, 6.45) is 3.37. The van der Waals surface area contributed by atoms with Gasteiger partial charge in [-0.05, 0) is 13.3 Å². The molecule has 0 saturated heterocycles. The van der Waals surface area contributed by atoms with Crippen molar-refractivity contribution in [3.8, 4) is 6.07 Å². The Hall–Kier alpha value is -0.920. The van der Waals surface area contributed by atoms with Gasteiger partial charge in [-0.2, -0.15) is 5.26 Å². The lowest BCUT2D eigenvalue weighted by Crippen LogP contribution is -2.29. The van der Waals surface area contributed by atoms with Crippen molar-refractivity contribution in [1.29, 1.82) is 5.26 Å². The molecule has 0 fully saturated rings. The Morgan fingerprint density at radius 2 is 2.50 bits per heavy atom. The fraction of sp³-hybridized carbons (Fsp3) is 0.600. The minimum atomic E-state index is 0.230. The molecule has 0 aliphatic rings. The normalized spacial score (nSPS) is 14.6. The van der Waals surface area contributed by atoms with Gasteiger partial charge in [0.2, 0.25) is 0 Å². The quantitative estimate of drug-likeness (QED) is 0.810. The van der Waals surface area contributed by atoms with Crippen LogP contribution in [0, 0.1) is 11.3 Å². The average Bonchev–Trinajstić information content (AvgIpc) is 2.67. The number of hydrogen-bond donors (Lipinski definition) is 1. The number of nitriles is 1. The zero-order valence-electron chi connectivity index (χ0n) is 8.53. The number of aromatic nitrogens is 1. The Labute approximate surface area is 88.8 Å². The van der Waals surface area contributed by atoms with Gasteiger partial charge in [0.1, 0.15) is 5.01 Å². The van der Waals surface area contributed by atoms with E-state index in [-0.39, 0.29) is 6.04 Å². The van der Waals surface area contributed by atoms with E-state index in [4.69, 9.17) is 5.26 Å². The molecule has 4 heteroatoms. The molecule has 0 aromatic carbocycles. The van der Waals surface area contributed by atoms with E-state index in [2.05, 4.69) is 23.3 Å². The number of hydrogen-bond acceptors (Lipinski definition) is 4. The van der Waals surface area contributed by atoms with Crippen LogP contribution in [0.4, 0.5) is 0 Å². The minimum absolute atomic E-state index is 0.230. The van der Waals surface area contributed by atoms with Gasteiger partial charge < -0.3 is 5.32 Å². The maximum atomic E-state index is 8.55. The fourth-order valence-corrected chi connectivity index (χ4v) is 2.09. The maximum Gasteiger partial charge on any atom is 0.109 e. The number of thiazole rings is 1. The lowest BCUT2D eigenvalue weighted by molar-refractivity contribution is 0.448. The highest BCUT2D eigenvalue weighted by molar-refractivity contribution is 7.09. The zero-order valence-corrected chi connectivity index (χ0v) is 9.34. The first-order valence-corrected chi connectivity index (χ1v) is 5.68. The van der Waals surface area contributed by atoms with Crippen LogP contribution in [0.3, 0.4) is 0 Å². The van der Waals surface area contributed by atoms with Gasteiger partial charge in [0.15, 0.2) is 0 Å². The average molecular weight is 209 g/mol. The summed E-state index contributed by atoms with van der Waals surface area (Å²) in [5, 5.41) is 15.0. The summed E-state index contributed by atoms with van der Waals surface area (Å²) >= 11 is 1.66. The van der Waals surface area contributed by atoms with E-state index >= 15 is 0 Å². The van der Waals surface area contributed by atoms with Crippen molar-refractivity contribution in [2.75, 3.05) is 0 Å². The molecule has 0 aliphatic heterocycles. The van der Waals surface area contributed by atoms with Crippen LogP contribution in [0.25, 0.3) is 0 Å². The number of nitrogens with zero attached hydrogens (tertiary/aromatic N) is 2. The van der Waals surface area contributed by atoms with Crippen LogP contribution in [0.5, 0.6) is 0 Å². The molecule has 1 N–H and O–H groups in total. The monoisotopic (exact) mass is 209 g/mol. The van der Waals surface area contributed by atoms with E-state index in [1.165, 1.54) is 0 Å². The highest BCUT2D eigenvalue weighted by Gasteiger charge is 2.13. The van der Waals surface area contributed by atoms with Crippen molar-refractivity contribution in [2.24, 2.45) is 0 Å². The summed E-state index contributed by atoms with van der Waals surface area (Å²) in [4.78, 5) is 4.27. The van der Waals surface area contributed by atoms with Crippen molar-refractivity contribution in [2.45, 2.75) is 38.8 Å². The molecule has 1 rings (SSSR count). The standard InChI is InChI=1S/C10H15N3S/c1-3-9(10-12-6-7-14-10)13-8(2)4-5-11/h6-9,13H,3-4H2,1-2H3. The van der Waals surface area contributed by atoms with Crippen LogP contribution < -0.4 is 5.32 Å². The summed E-state index contributed by atoms with van der Waals surface area (Å²) in [7, 11) is 0. The summed E-state index contributed by atoms with van der Waals surface area (Å²) in [6.45, 7) is 4.15. The van der Waals surface area contributed by atoms with E-state index in [9.17, 15) is 0 Å². The summed E-state index contributed by atoms with van der Waals surface area (Å²) < 4.78 is 0.